The first-order valence-electron chi connectivity index (χ1n) is 12.1. The number of ether oxygens (including phenoxy) is 2. The molecule has 4 aromatic carbocycles. The maximum atomic E-state index is 12.6. The highest BCUT2D eigenvalue weighted by atomic mass is 35.5. The Labute approximate surface area is 231 Å². The molecule has 0 spiro atoms. The summed E-state index contributed by atoms with van der Waals surface area (Å²) in [6, 6.07) is 28.1. The van der Waals surface area contributed by atoms with Gasteiger partial charge >= 0.3 is 0 Å². The third kappa shape index (κ3) is 7.75. The van der Waals surface area contributed by atoms with Crippen molar-refractivity contribution in [3.8, 4) is 11.5 Å². The van der Waals surface area contributed by atoms with Crippen molar-refractivity contribution in [3.05, 3.63) is 118 Å². The van der Waals surface area contributed by atoms with Crippen LogP contribution in [0.4, 0.5) is 11.4 Å². The lowest BCUT2D eigenvalue weighted by atomic mass is 10.2. The zero-order valence-electron chi connectivity index (χ0n) is 20.5. The van der Waals surface area contributed by atoms with Crippen molar-refractivity contribution in [1.82, 2.24) is 0 Å². The fourth-order valence-electron chi connectivity index (χ4n) is 3.59. The first kappa shape index (κ1) is 27.0. The molecule has 0 fully saturated rings. The summed E-state index contributed by atoms with van der Waals surface area (Å²) in [6.07, 6.45) is 1.40. The van der Waals surface area contributed by atoms with Crippen molar-refractivity contribution in [3.63, 3.8) is 0 Å². The van der Waals surface area contributed by atoms with E-state index >= 15 is 0 Å². The van der Waals surface area contributed by atoms with Gasteiger partial charge in [0.05, 0.1) is 24.6 Å². The minimum Gasteiger partial charge on any atom is -0.491 e. The first-order valence-corrected chi connectivity index (χ1v) is 12.8. The highest BCUT2D eigenvalue weighted by molar-refractivity contribution is 6.31. The monoisotopic (exact) mass is 548 g/mol. The van der Waals surface area contributed by atoms with Gasteiger partial charge in [-0.25, -0.2) is 0 Å². The number of amides is 2. The van der Waals surface area contributed by atoms with Crippen LogP contribution >= 0.6 is 23.2 Å². The topological polar surface area (TPSA) is 76.7 Å². The Morgan fingerprint density at radius 2 is 0.974 bits per heavy atom. The maximum Gasteiger partial charge on any atom is 0.255 e. The van der Waals surface area contributed by atoms with Gasteiger partial charge in [0.15, 0.2) is 0 Å². The Kier molecular flexibility index (Phi) is 9.62. The fraction of sp³-hybridized carbons (Fsp3) is 0.133. The third-order valence-corrected chi connectivity index (χ3v) is 5.98. The van der Waals surface area contributed by atoms with Crippen LogP contribution < -0.4 is 20.1 Å². The number of hydrogen-bond donors (Lipinski definition) is 2. The van der Waals surface area contributed by atoms with E-state index in [9.17, 15) is 9.59 Å². The van der Waals surface area contributed by atoms with Gasteiger partial charge in [-0.05, 0) is 73.5 Å². The molecule has 0 radical (unpaired) electrons. The molecule has 4 aromatic rings. The van der Waals surface area contributed by atoms with Crippen LogP contribution in [0.5, 0.6) is 11.5 Å². The maximum absolute atomic E-state index is 12.6. The number of anilines is 2. The second-order valence-electron chi connectivity index (χ2n) is 8.33. The van der Waals surface area contributed by atoms with Crippen LogP contribution in [0.3, 0.4) is 0 Å². The molecule has 4 rings (SSSR count). The van der Waals surface area contributed by atoms with Crippen LogP contribution in [0.2, 0.25) is 10.0 Å². The molecule has 6 nitrogen and oxygen atoms in total. The zero-order valence-corrected chi connectivity index (χ0v) is 22.0. The van der Waals surface area contributed by atoms with Crippen molar-refractivity contribution < 1.29 is 19.1 Å². The molecule has 0 aliphatic heterocycles. The molecule has 0 bridgehead atoms. The van der Waals surface area contributed by atoms with Gasteiger partial charge in [0, 0.05) is 21.2 Å². The average molecular weight is 549 g/mol. The summed E-state index contributed by atoms with van der Waals surface area (Å²) >= 11 is 12.3. The first-order chi connectivity index (χ1) is 18.5. The van der Waals surface area contributed by atoms with Crippen LogP contribution in [0, 0.1) is 0 Å². The molecule has 0 aliphatic carbocycles. The SMILES string of the molecule is O=C(Nc1cc(Cl)ccc1OCCCCOc1ccc(Cl)cc1NC(=O)c1ccccc1)c1ccccc1. The Bertz CT molecular complexity index is 1270. The van der Waals surface area contributed by atoms with E-state index in [0.29, 0.717) is 70.1 Å². The molecule has 0 aliphatic rings. The molecule has 0 saturated carbocycles. The van der Waals surface area contributed by atoms with Gasteiger partial charge in [0.2, 0.25) is 0 Å². The molecular formula is C30H26Cl2N2O4. The van der Waals surface area contributed by atoms with Crippen LogP contribution in [-0.2, 0) is 0 Å². The highest BCUT2D eigenvalue weighted by Crippen LogP contribution is 2.30. The van der Waals surface area contributed by atoms with E-state index in [1.54, 1.807) is 84.9 Å². The number of carbonyl (C=O) groups is 2. The van der Waals surface area contributed by atoms with Crippen molar-refractivity contribution >= 4 is 46.4 Å². The lowest BCUT2D eigenvalue weighted by molar-refractivity contribution is 0.101. The number of benzene rings is 4. The summed E-state index contributed by atoms with van der Waals surface area (Å²) in [6.45, 7) is 0.828. The second-order valence-corrected chi connectivity index (χ2v) is 9.20. The van der Waals surface area contributed by atoms with Gasteiger partial charge in [-0.2, -0.15) is 0 Å². The van der Waals surface area contributed by atoms with Gasteiger partial charge in [-0.3, -0.25) is 9.59 Å². The lowest BCUT2D eigenvalue weighted by Crippen LogP contribution is -2.13. The summed E-state index contributed by atoms with van der Waals surface area (Å²) < 4.78 is 11.8. The van der Waals surface area contributed by atoms with Gasteiger partial charge in [-0.15, -0.1) is 0 Å². The molecule has 38 heavy (non-hydrogen) atoms. The molecule has 0 atom stereocenters. The van der Waals surface area contributed by atoms with Crippen LogP contribution in [0.1, 0.15) is 33.6 Å². The molecule has 0 unspecified atom stereocenters. The smallest absolute Gasteiger partial charge is 0.255 e. The second kappa shape index (κ2) is 13.5. The van der Waals surface area contributed by atoms with E-state index in [2.05, 4.69) is 10.6 Å². The summed E-state index contributed by atoms with van der Waals surface area (Å²) in [5.41, 5.74) is 2.08. The van der Waals surface area contributed by atoms with Gasteiger partial charge in [-0.1, -0.05) is 59.6 Å². The Hall–Kier alpha value is -4.00. The molecule has 0 aromatic heterocycles. The van der Waals surface area contributed by atoms with E-state index in [-0.39, 0.29) is 11.8 Å². The van der Waals surface area contributed by atoms with Crippen molar-refractivity contribution in [2.75, 3.05) is 23.8 Å². The summed E-state index contributed by atoms with van der Waals surface area (Å²) in [4.78, 5) is 25.1. The normalized spacial score (nSPS) is 10.5. The van der Waals surface area contributed by atoms with Crippen LogP contribution in [0.25, 0.3) is 0 Å². The predicted octanol–water partition coefficient (Wildman–Crippen LogP) is 7.74. The number of halogens is 2. The Balaban J connectivity index is 1.27. The Morgan fingerprint density at radius 3 is 1.37 bits per heavy atom. The lowest BCUT2D eigenvalue weighted by Gasteiger charge is -2.14. The molecule has 8 heteroatoms. The number of carbonyl (C=O) groups excluding carboxylic acids is 2. The summed E-state index contributed by atoms with van der Waals surface area (Å²) in [5, 5.41) is 6.71. The minimum absolute atomic E-state index is 0.246. The van der Waals surface area contributed by atoms with E-state index in [0.717, 1.165) is 0 Å². The highest BCUT2D eigenvalue weighted by Gasteiger charge is 2.12. The quantitative estimate of drug-likeness (QED) is 0.188. The van der Waals surface area contributed by atoms with Gasteiger partial charge in [0.1, 0.15) is 11.5 Å². The van der Waals surface area contributed by atoms with Crippen LogP contribution in [0.15, 0.2) is 97.1 Å². The van der Waals surface area contributed by atoms with Gasteiger partial charge in [0.25, 0.3) is 11.8 Å². The molecule has 0 heterocycles. The average Bonchev–Trinajstić information content (AvgIpc) is 2.93. The van der Waals surface area contributed by atoms with E-state index < -0.39 is 0 Å². The number of nitrogens with one attached hydrogen (secondary N) is 2. The van der Waals surface area contributed by atoms with E-state index in [1.807, 2.05) is 12.1 Å². The van der Waals surface area contributed by atoms with Crippen molar-refractivity contribution in [1.29, 1.82) is 0 Å². The van der Waals surface area contributed by atoms with Crippen molar-refractivity contribution in [2.45, 2.75) is 12.8 Å². The Morgan fingerprint density at radius 1 is 0.579 bits per heavy atom. The molecule has 2 N–H and O–H groups in total. The molecule has 2 amide bonds. The number of rotatable bonds is 11. The number of hydrogen-bond acceptors (Lipinski definition) is 4. The van der Waals surface area contributed by atoms with Gasteiger partial charge < -0.3 is 20.1 Å². The third-order valence-electron chi connectivity index (χ3n) is 5.51. The molecular weight excluding hydrogens is 523 g/mol. The van der Waals surface area contributed by atoms with Crippen molar-refractivity contribution in [2.24, 2.45) is 0 Å². The largest absolute Gasteiger partial charge is 0.491 e. The fourth-order valence-corrected chi connectivity index (χ4v) is 3.93. The molecule has 0 saturated heterocycles. The number of unbranched alkanes of at least 4 members (excludes halogenated alkanes) is 1. The standard InChI is InChI=1S/C30H26Cl2N2O4/c31-23-13-15-27(25(19-23)33-29(35)21-9-3-1-4-10-21)37-17-7-8-18-38-28-16-14-24(32)20-26(28)34-30(36)22-11-5-2-6-12-22/h1-6,9-16,19-20H,7-8,17-18H2,(H,33,35)(H,34,36). The molecule has 194 valence electrons. The van der Waals surface area contributed by atoms with E-state index in [1.165, 1.54) is 0 Å². The predicted molar refractivity (Wildman–Crippen MR) is 152 cm³/mol. The minimum atomic E-state index is -0.246. The van der Waals surface area contributed by atoms with E-state index in [4.69, 9.17) is 32.7 Å². The zero-order chi connectivity index (χ0) is 26.7. The summed E-state index contributed by atoms with van der Waals surface area (Å²) in [5.74, 6) is 0.569. The van der Waals surface area contributed by atoms with Crippen LogP contribution in [-0.4, -0.2) is 25.0 Å². The summed E-state index contributed by atoms with van der Waals surface area (Å²) in [7, 11) is 0.